The molecule has 2 N–H and O–H groups in total. The maximum atomic E-state index is 10.8. The predicted molar refractivity (Wildman–Crippen MR) is 137 cm³/mol. The maximum absolute atomic E-state index is 10.8. The van der Waals surface area contributed by atoms with E-state index >= 15 is 0 Å². The first kappa shape index (κ1) is 26.1. The van der Waals surface area contributed by atoms with Gasteiger partial charge >= 0.3 is 5.82 Å². The zero-order valence-corrected chi connectivity index (χ0v) is 20.9. The fourth-order valence-corrected chi connectivity index (χ4v) is 4.13. The van der Waals surface area contributed by atoms with E-state index < -0.39 is 11.0 Å². The number of nitrogens with zero attached hydrogens (tertiary/aromatic N) is 5. The van der Waals surface area contributed by atoms with Crippen LogP contribution in [0.4, 0.5) is 5.82 Å². The molecule has 4 heterocycles. The fraction of sp³-hybridized carbons (Fsp3) is 0.360. The lowest BCUT2D eigenvalue weighted by molar-refractivity contribution is -0.392. The Morgan fingerprint density at radius 3 is 2.49 bits per heavy atom. The number of aliphatic hydroxyl groups is 2. The van der Waals surface area contributed by atoms with Crippen LogP contribution in [-0.4, -0.2) is 46.9 Å². The minimum absolute atomic E-state index is 0.00277. The summed E-state index contributed by atoms with van der Waals surface area (Å²) in [5.41, 5.74) is 3.65. The number of thiophene rings is 1. The van der Waals surface area contributed by atoms with E-state index in [1.165, 1.54) is 21.1 Å². The highest BCUT2D eigenvalue weighted by atomic mass is 32.1. The lowest BCUT2D eigenvalue weighted by Gasteiger charge is -2.07. The molecule has 10 heteroatoms. The van der Waals surface area contributed by atoms with Gasteiger partial charge in [-0.25, -0.2) is 14.5 Å². The first-order chi connectivity index (χ1) is 16.7. The maximum Gasteiger partial charge on any atom is 0.324 e. The monoisotopic (exact) mass is 495 g/mol. The molecule has 0 aliphatic heterocycles. The Morgan fingerprint density at radius 2 is 1.91 bits per heavy atom. The Kier molecular flexibility index (Phi) is 8.76. The van der Waals surface area contributed by atoms with Gasteiger partial charge in [0.1, 0.15) is 11.7 Å². The number of hydrogen-bond acceptors (Lipinski definition) is 7. The van der Waals surface area contributed by atoms with Gasteiger partial charge in [-0.1, -0.05) is 17.9 Å². The van der Waals surface area contributed by atoms with Crippen molar-refractivity contribution in [2.75, 3.05) is 6.61 Å². The summed E-state index contributed by atoms with van der Waals surface area (Å²) in [4.78, 5) is 20.6. The van der Waals surface area contributed by atoms with Crippen molar-refractivity contribution in [3.8, 4) is 22.3 Å². The Hall–Kier alpha value is -3.52. The molecule has 0 amide bonds. The van der Waals surface area contributed by atoms with Gasteiger partial charge in [0.05, 0.1) is 36.7 Å². The van der Waals surface area contributed by atoms with Gasteiger partial charge in [0.2, 0.25) is 0 Å². The molecule has 0 bridgehead atoms. The molecule has 1 atom stereocenters. The molecule has 4 aromatic heterocycles. The number of fused-ring (bicyclic) bond motifs is 1. The molecule has 9 nitrogen and oxygen atoms in total. The van der Waals surface area contributed by atoms with Crippen molar-refractivity contribution in [2.45, 2.75) is 52.3 Å². The van der Waals surface area contributed by atoms with Crippen LogP contribution in [0, 0.1) is 22.0 Å². The van der Waals surface area contributed by atoms with Crippen LogP contribution in [0.15, 0.2) is 48.4 Å². The van der Waals surface area contributed by atoms with Crippen molar-refractivity contribution in [1.82, 2.24) is 19.1 Å². The van der Waals surface area contributed by atoms with Gasteiger partial charge < -0.3 is 24.9 Å². The Bertz CT molecular complexity index is 1330. The second kappa shape index (κ2) is 11.8. The number of hydrogen-bond donors (Lipinski definition) is 2. The smallest absolute Gasteiger partial charge is 0.324 e. The molecule has 0 saturated carbocycles. The van der Waals surface area contributed by atoms with E-state index in [0.29, 0.717) is 11.6 Å². The Balaban J connectivity index is 0.000000196. The van der Waals surface area contributed by atoms with Gasteiger partial charge in [-0.15, -0.1) is 11.3 Å². The van der Waals surface area contributed by atoms with Crippen molar-refractivity contribution >= 4 is 28.3 Å². The van der Waals surface area contributed by atoms with Crippen molar-refractivity contribution < 1.29 is 15.1 Å². The van der Waals surface area contributed by atoms with Crippen molar-refractivity contribution in [3.63, 3.8) is 0 Å². The Labute approximate surface area is 207 Å². The average Bonchev–Trinajstić information content (AvgIpc) is 3.58. The van der Waals surface area contributed by atoms with Crippen LogP contribution >= 0.6 is 11.3 Å². The number of aliphatic hydroxyl groups excluding tert-OH is 2. The third kappa shape index (κ3) is 6.33. The van der Waals surface area contributed by atoms with E-state index in [0.717, 1.165) is 11.2 Å². The normalized spacial score (nSPS) is 11.8. The summed E-state index contributed by atoms with van der Waals surface area (Å²) in [5.74, 6) is 5.41. The molecule has 0 aliphatic carbocycles. The highest BCUT2D eigenvalue weighted by molar-refractivity contribution is 7.13. The summed E-state index contributed by atoms with van der Waals surface area (Å²) in [6.07, 6.45) is 4.61. The molecule has 0 aromatic carbocycles. The first-order valence-corrected chi connectivity index (χ1v) is 12.1. The highest BCUT2D eigenvalue weighted by Crippen LogP contribution is 2.30. The largest absolute Gasteiger partial charge is 0.394 e. The number of pyridine rings is 1. The summed E-state index contributed by atoms with van der Waals surface area (Å²) in [7, 11) is 0. The number of imidazole rings is 1. The summed E-state index contributed by atoms with van der Waals surface area (Å²) < 4.78 is 3.64. The van der Waals surface area contributed by atoms with Crippen molar-refractivity contribution in [2.24, 2.45) is 0 Å². The SMILES string of the molecule is CC(C)n1cc(C#CCC(O)CO)cc1[N+](=O)[O-].CC(C)n1cnc2c(-c3cccs3)ccnc21. The summed E-state index contributed by atoms with van der Waals surface area (Å²) in [6, 6.07) is 7.97. The highest BCUT2D eigenvalue weighted by Gasteiger charge is 2.17. The van der Waals surface area contributed by atoms with Gasteiger partial charge in [-0.2, -0.15) is 0 Å². The van der Waals surface area contributed by atoms with Gasteiger partial charge in [-0.05, 0) is 50.1 Å². The lowest BCUT2D eigenvalue weighted by atomic mass is 10.2. The molecule has 4 rings (SSSR count). The third-order valence-corrected chi connectivity index (χ3v) is 6.06. The standard InChI is InChI=1S/C13H13N3S.C12H16N2O4/c1-9(2)16-8-15-12-10(5-6-14-13(12)16)11-4-3-7-17-11;1-9(2)13-7-10(6-12(13)14(17)18)4-3-5-11(16)8-15/h3-9H,1-2H3;6-7,9,11,15-16H,5,8H2,1-2H3. The van der Waals surface area contributed by atoms with E-state index in [9.17, 15) is 10.1 Å². The van der Waals surface area contributed by atoms with Crippen molar-refractivity contribution in [3.05, 3.63) is 64.0 Å². The second-order valence-electron chi connectivity index (χ2n) is 8.44. The van der Waals surface area contributed by atoms with Crippen LogP contribution in [0.3, 0.4) is 0 Å². The minimum Gasteiger partial charge on any atom is -0.394 e. The quantitative estimate of drug-likeness (QED) is 0.225. The van der Waals surface area contributed by atoms with E-state index in [2.05, 4.69) is 57.7 Å². The fourth-order valence-electron chi connectivity index (χ4n) is 3.37. The zero-order valence-electron chi connectivity index (χ0n) is 20.1. The molecule has 0 aliphatic rings. The van der Waals surface area contributed by atoms with Crippen LogP contribution in [-0.2, 0) is 0 Å². The van der Waals surface area contributed by atoms with Crippen LogP contribution < -0.4 is 0 Å². The summed E-state index contributed by atoms with van der Waals surface area (Å²) in [5, 5.41) is 30.6. The topological polar surface area (TPSA) is 119 Å². The summed E-state index contributed by atoms with van der Waals surface area (Å²) >= 11 is 1.73. The van der Waals surface area contributed by atoms with Crippen LogP contribution in [0.25, 0.3) is 21.6 Å². The molecular formula is C25H29N5O4S. The van der Waals surface area contributed by atoms with Gasteiger partial charge in [0, 0.05) is 29.1 Å². The number of nitro groups is 1. The lowest BCUT2D eigenvalue weighted by Crippen LogP contribution is -2.09. The van der Waals surface area contributed by atoms with E-state index in [-0.39, 0.29) is 24.9 Å². The summed E-state index contributed by atoms with van der Waals surface area (Å²) in [6.45, 7) is 7.63. The molecule has 184 valence electrons. The molecule has 0 fully saturated rings. The minimum atomic E-state index is -0.875. The Morgan fingerprint density at radius 1 is 1.17 bits per heavy atom. The van der Waals surface area contributed by atoms with Crippen LogP contribution in [0.1, 0.15) is 51.8 Å². The van der Waals surface area contributed by atoms with E-state index in [4.69, 9.17) is 10.2 Å². The number of aromatic nitrogens is 4. The van der Waals surface area contributed by atoms with Crippen LogP contribution in [0.2, 0.25) is 0 Å². The molecule has 4 aromatic rings. The van der Waals surface area contributed by atoms with Crippen molar-refractivity contribution in [1.29, 1.82) is 0 Å². The second-order valence-corrected chi connectivity index (χ2v) is 9.39. The number of rotatable bonds is 6. The molecule has 0 radical (unpaired) electrons. The van der Waals surface area contributed by atoms with Crippen LogP contribution in [0.5, 0.6) is 0 Å². The average molecular weight is 496 g/mol. The molecule has 1 unspecified atom stereocenters. The molecule has 0 spiro atoms. The van der Waals surface area contributed by atoms with Gasteiger partial charge in [0.15, 0.2) is 5.65 Å². The van der Waals surface area contributed by atoms with Gasteiger partial charge in [0.25, 0.3) is 0 Å². The third-order valence-electron chi connectivity index (χ3n) is 5.16. The predicted octanol–water partition coefficient (Wildman–Crippen LogP) is 4.81. The molecule has 0 saturated heterocycles. The first-order valence-electron chi connectivity index (χ1n) is 11.2. The van der Waals surface area contributed by atoms with Gasteiger partial charge in [-0.3, -0.25) is 0 Å². The zero-order chi connectivity index (χ0) is 25.5. The molecular weight excluding hydrogens is 466 g/mol. The van der Waals surface area contributed by atoms with E-state index in [1.54, 1.807) is 17.5 Å². The van der Waals surface area contributed by atoms with E-state index in [1.807, 2.05) is 32.4 Å². The molecule has 35 heavy (non-hydrogen) atoms.